The third kappa shape index (κ3) is 3.06. The zero-order chi connectivity index (χ0) is 21.0. The van der Waals surface area contributed by atoms with Gasteiger partial charge in [0.25, 0.3) is 0 Å². The Morgan fingerprint density at radius 1 is 1.33 bits per heavy atom. The summed E-state index contributed by atoms with van der Waals surface area (Å²) in [6, 6.07) is 5.54. The van der Waals surface area contributed by atoms with Crippen molar-refractivity contribution >= 4 is 45.8 Å². The summed E-state index contributed by atoms with van der Waals surface area (Å²) in [6.45, 7) is 2.18. The highest BCUT2D eigenvalue weighted by Gasteiger charge is 2.32. The van der Waals surface area contributed by atoms with Crippen molar-refractivity contribution in [3.8, 4) is 11.1 Å². The van der Waals surface area contributed by atoms with Gasteiger partial charge in [0.2, 0.25) is 5.91 Å². The summed E-state index contributed by atoms with van der Waals surface area (Å²) in [5.41, 5.74) is 10.9. The van der Waals surface area contributed by atoms with Crippen LogP contribution in [0.5, 0.6) is 0 Å². The number of carbonyl (C=O) groups is 1. The molecule has 2 aliphatic heterocycles. The first-order valence-electron chi connectivity index (χ1n) is 10.2. The average Bonchev–Trinajstić information content (AvgIpc) is 3.38. The number of hydrogen-bond acceptors (Lipinski definition) is 4. The SMILES string of the molecule is Cn1c2c(c3c(-c4ccc(N)nc4)cc(Cl)c(Cl)c31)CN(C(=O)C1CCCN1)CC2. The van der Waals surface area contributed by atoms with Gasteiger partial charge in [-0.15, -0.1) is 0 Å². The van der Waals surface area contributed by atoms with E-state index in [-0.39, 0.29) is 11.9 Å². The maximum atomic E-state index is 13.1. The second-order valence-corrected chi connectivity index (χ2v) is 8.84. The summed E-state index contributed by atoms with van der Waals surface area (Å²) >= 11 is 13.2. The number of nitrogens with two attached hydrogens (primary N) is 1. The Bertz CT molecular complexity index is 1150. The highest BCUT2D eigenvalue weighted by molar-refractivity contribution is 6.45. The molecule has 0 aliphatic carbocycles. The lowest BCUT2D eigenvalue weighted by atomic mass is 9.96. The van der Waals surface area contributed by atoms with Crippen LogP contribution in [-0.2, 0) is 24.8 Å². The maximum absolute atomic E-state index is 13.1. The van der Waals surface area contributed by atoms with E-state index in [0.717, 1.165) is 53.4 Å². The van der Waals surface area contributed by atoms with E-state index in [1.807, 2.05) is 24.1 Å². The van der Waals surface area contributed by atoms with Gasteiger partial charge in [0.15, 0.2) is 0 Å². The number of aromatic nitrogens is 2. The van der Waals surface area contributed by atoms with Crippen LogP contribution in [-0.4, -0.2) is 39.5 Å². The van der Waals surface area contributed by atoms with Crippen LogP contribution in [0.15, 0.2) is 24.4 Å². The molecule has 0 bridgehead atoms. The molecule has 5 rings (SSSR count). The number of fused-ring (bicyclic) bond motifs is 3. The standard InChI is InChI=1S/C22H23Cl2N5O/c1-28-17-6-8-29(22(30)16-3-2-7-26-16)11-14(17)19-13(9-15(23)20(24)21(19)28)12-4-5-18(25)27-10-12/h4-5,9-10,16,26H,2-3,6-8,11H2,1H3,(H2,25,27). The smallest absolute Gasteiger partial charge is 0.240 e. The molecule has 4 heterocycles. The van der Waals surface area contributed by atoms with Crippen LogP contribution in [0.25, 0.3) is 22.0 Å². The molecule has 1 atom stereocenters. The summed E-state index contributed by atoms with van der Waals surface area (Å²) in [4.78, 5) is 19.3. The third-order valence-corrected chi connectivity index (χ3v) is 7.10. The Morgan fingerprint density at radius 2 is 2.17 bits per heavy atom. The quantitative estimate of drug-likeness (QED) is 0.631. The van der Waals surface area contributed by atoms with E-state index < -0.39 is 0 Å². The monoisotopic (exact) mass is 443 g/mol. The Morgan fingerprint density at radius 3 is 2.87 bits per heavy atom. The topological polar surface area (TPSA) is 76.2 Å². The summed E-state index contributed by atoms with van der Waals surface area (Å²) in [5.74, 6) is 0.650. The summed E-state index contributed by atoms with van der Waals surface area (Å²) in [6.07, 6.45) is 4.49. The number of amides is 1. The average molecular weight is 444 g/mol. The Labute approximate surface area is 184 Å². The number of nitrogen functional groups attached to an aromatic ring is 1. The number of benzene rings is 1. The van der Waals surface area contributed by atoms with Crippen LogP contribution < -0.4 is 11.1 Å². The van der Waals surface area contributed by atoms with Gasteiger partial charge in [0.1, 0.15) is 5.82 Å². The minimum atomic E-state index is -0.0691. The summed E-state index contributed by atoms with van der Waals surface area (Å²) in [5, 5.41) is 5.39. The minimum absolute atomic E-state index is 0.0691. The van der Waals surface area contributed by atoms with Gasteiger partial charge >= 0.3 is 0 Å². The second-order valence-electron chi connectivity index (χ2n) is 8.06. The van der Waals surface area contributed by atoms with Gasteiger partial charge in [0.05, 0.1) is 21.6 Å². The van der Waals surface area contributed by atoms with Gasteiger partial charge in [-0.1, -0.05) is 23.2 Å². The lowest BCUT2D eigenvalue weighted by Crippen LogP contribution is -2.45. The maximum Gasteiger partial charge on any atom is 0.240 e. The number of pyridine rings is 1. The highest BCUT2D eigenvalue weighted by Crippen LogP contribution is 2.43. The molecule has 1 saturated heterocycles. The Kier molecular flexibility index (Phi) is 4.88. The Balaban J connectivity index is 1.67. The molecular formula is C22H23Cl2N5O. The van der Waals surface area contributed by atoms with E-state index in [9.17, 15) is 4.79 Å². The van der Waals surface area contributed by atoms with E-state index in [2.05, 4.69) is 14.9 Å². The summed E-state index contributed by atoms with van der Waals surface area (Å²) in [7, 11) is 2.02. The molecule has 1 unspecified atom stereocenters. The molecule has 2 aliphatic rings. The molecule has 2 aromatic heterocycles. The fourth-order valence-corrected chi connectivity index (χ4v) is 5.29. The number of nitrogens with zero attached hydrogens (tertiary/aromatic N) is 3. The van der Waals surface area contributed by atoms with E-state index >= 15 is 0 Å². The van der Waals surface area contributed by atoms with Gasteiger partial charge in [0, 0.05) is 55.0 Å². The minimum Gasteiger partial charge on any atom is -0.384 e. The van der Waals surface area contributed by atoms with Crippen molar-refractivity contribution in [2.24, 2.45) is 7.05 Å². The van der Waals surface area contributed by atoms with Crippen molar-refractivity contribution < 1.29 is 4.79 Å². The zero-order valence-electron chi connectivity index (χ0n) is 16.7. The van der Waals surface area contributed by atoms with Crippen molar-refractivity contribution in [1.29, 1.82) is 0 Å². The van der Waals surface area contributed by atoms with Crippen LogP contribution in [0.4, 0.5) is 5.82 Å². The molecule has 3 aromatic rings. The predicted molar refractivity (Wildman–Crippen MR) is 121 cm³/mol. The van der Waals surface area contributed by atoms with E-state index in [4.69, 9.17) is 28.9 Å². The van der Waals surface area contributed by atoms with Crippen LogP contribution in [0.2, 0.25) is 10.0 Å². The van der Waals surface area contributed by atoms with Crippen molar-refractivity contribution in [2.75, 3.05) is 18.8 Å². The molecule has 1 amide bonds. The molecule has 156 valence electrons. The lowest BCUT2D eigenvalue weighted by Gasteiger charge is -2.30. The molecule has 6 nitrogen and oxygen atoms in total. The number of hydrogen-bond donors (Lipinski definition) is 2. The van der Waals surface area contributed by atoms with E-state index in [1.54, 1.807) is 12.3 Å². The van der Waals surface area contributed by atoms with Crippen molar-refractivity contribution in [3.05, 3.63) is 45.7 Å². The molecule has 0 saturated carbocycles. The molecule has 8 heteroatoms. The molecular weight excluding hydrogens is 421 g/mol. The zero-order valence-corrected chi connectivity index (χ0v) is 18.2. The van der Waals surface area contributed by atoms with Crippen LogP contribution >= 0.6 is 23.2 Å². The van der Waals surface area contributed by atoms with Gasteiger partial charge < -0.3 is 20.5 Å². The van der Waals surface area contributed by atoms with Gasteiger partial charge in [-0.3, -0.25) is 4.79 Å². The molecule has 3 N–H and O–H groups in total. The fraction of sp³-hybridized carbons (Fsp3) is 0.364. The number of nitrogens with one attached hydrogen (secondary N) is 1. The molecule has 0 radical (unpaired) electrons. The normalized spacial score (nSPS) is 18.8. The second kappa shape index (κ2) is 7.45. The molecule has 0 spiro atoms. The van der Waals surface area contributed by atoms with Crippen LogP contribution in [0.1, 0.15) is 24.1 Å². The van der Waals surface area contributed by atoms with Gasteiger partial charge in [-0.25, -0.2) is 4.98 Å². The van der Waals surface area contributed by atoms with Gasteiger partial charge in [-0.05, 0) is 43.1 Å². The van der Waals surface area contributed by atoms with Crippen molar-refractivity contribution in [1.82, 2.24) is 19.8 Å². The van der Waals surface area contributed by atoms with Crippen LogP contribution in [0, 0.1) is 0 Å². The number of carbonyl (C=O) groups excluding carboxylic acids is 1. The number of rotatable bonds is 2. The van der Waals surface area contributed by atoms with E-state index in [0.29, 0.717) is 29.0 Å². The van der Waals surface area contributed by atoms with Crippen molar-refractivity contribution in [3.63, 3.8) is 0 Å². The van der Waals surface area contributed by atoms with Gasteiger partial charge in [-0.2, -0.15) is 0 Å². The number of aryl methyl sites for hydroxylation is 1. The Hall–Kier alpha value is -2.28. The summed E-state index contributed by atoms with van der Waals surface area (Å²) < 4.78 is 2.13. The first-order valence-corrected chi connectivity index (χ1v) is 10.9. The third-order valence-electron chi connectivity index (χ3n) is 6.32. The predicted octanol–water partition coefficient (Wildman–Crippen LogP) is 3.77. The van der Waals surface area contributed by atoms with E-state index in [1.165, 1.54) is 5.69 Å². The lowest BCUT2D eigenvalue weighted by molar-refractivity contribution is -0.134. The molecule has 1 fully saturated rings. The fourth-order valence-electron chi connectivity index (χ4n) is 4.81. The number of anilines is 1. The van der Waals surface area contributed by atoms with Crippen LogP contribution in [0.3, 0.4) is 0 Å². The molecule has 1 aromatic carbocycles. The number of halogens is 2. The first kappa shape index (κ1) is 19.7. The highest BCUT2D eigenvalue weighted by atomic mass is 35.5. The first-order chi connectivity index (χ1) is 14.5. The largest absolute Gasteiger partial charge is 0.384 e. The molecule has 30 heavy (non-hydrogen) atoms. The van der Waals surface area contributed by atoms with Crippen molar-refractivity contribution in [2.45, 2.75) is 31.8 Å².